The third-order valence-electron chi connectivity index (χ3n) is 4.18. The smallest absolute Gasteiger partial charge is 0.349 e. The van der Waals surface area contributed by atoms with Gasteiger partial charge in [-0.2, -0.15) is 0 Å². The number of esters is 1. The van der Waals surface area contributed by atoms with Gasteiger partial charge in [-0.25, -0.2) is 4.79 Å². The molecular weight excluding hydrogens is 370 g/mol. The zero-order valence-corrected chi connectivity index (χ0v) is 14.5. The SMILES string of the molecule is [2H]C1([2H])C([2H])(OC(=O)C(O)(c2cccs2)c2cccs2)C([2H])([2H])C2([2H])C3([2H])OC3([2H])C1([2H])[N+]2(C([2H])([2H])[2H])C([2H])([2H])[2H]. The van der Waals surface area contributed by atoms with E-state index in [4.69, 9.17) is 30.0 Å². The molecule has 3 saturated heterocycles. The van der Waals surface area contributed by atoms with Crippen molar-refractivity contribution < 1.29 is 44.4 Å². The third-order valence-corrected chi connectivity index (χ3v) is 6.14. The molecule has 0 spiro atoms. The predicted octanol–water partition coefficient (Wildman–Crippen LogP) is 2.35. The van der Waals surface area contributed by atoms with E-state index in [0.717, 1.165) is 22.7 Å². The molecule has 5 rings (SSSR count). The maximum absolute atomic E-state index is 13.8. The van der Waals surface area contributed by atoms with Crippen molar-refractivity contribution >= 4 is 28.6 Å². The van der Waals surface area contributed by atoms with Gasteiger partial charge in [-0.1, -0.05) is 12.1 Å². The predicted molar refractivity (Wildman–Crippen MR) is 99.1 cm³/mol. The number of morpholine rings is 1. The second kappa shape index (κ2) is 5.62. The quantitative estimate of drug-likeness (QED) is 0.480. The summed E-state index contributed by atoms with van der Waals surface area (Å²) in [7, 11) is 0. The molecule has 3 fully saturated rings. The number of nitrogens with zero attached hydrogens (tertiary/aromatic N) is 1. The van der Waals surface area contributed by atoms with Gasteiger partial charge in [-0.15, -0.1) is 22.7 Å². The van der Waals surface area contributed by atoms with Crippen molar-refractivity contribution in [3.8, 4) is 0 Å². The number of fused-ring (bicyclic) bond motifs is 5. The fourth-order valence-electron chi connectivity index (χ4n) is 2.84. The highest BCUT2D eigenvalue weighted by Crippen LogP contribution is 2.52. The lowest BCUT2D eigenvalue weighted by atomic mass is 9.95. The fourth-order valence-corrected chi connectivity index (χ4v) is 4.56. The standard InChI is InChI=1S/C19H22NO4S2/c1-20(2)12-9-11(10-13(20)17-16(12)24-17)23-18(21)19(22,14-5-3-7-25-14)15-6-4-8-26-15/h3-8,11-13,16-17,22H,9-10H2,1-2H3/q+1/i1D3,2D3,9D2,10D2,11D,12D,13D,16D,17D. The molecular formula is C19H22NO4S2+. The summed E-state index contributed by atoms with van der Waals surface area (Å²) in [6.45, 7) is -8.34. The van der Waals surface area contributed by atoms with E-state index in [-0.39, 0.29) is 9.75 Å². The Morgan fingerprint density at radius 1 is 1.31 bits per heavy atom. The fraction of sp³-hybridized carbons (Fsp3) is 0.526. The zero-order valence-electron chi connectivity index (χ0n) is 27.9. The first kappa shape index (κ1) is 7.29. The van der Waals surface area contributed by atoms with Crippen LogP contribution in [0.4, 0.5) is 0 Å². The topological polar surface area (TPSA) is 59.1 Å². The van der Waals surface area contributed by atoms with Crippen LogP contribution in [-0.2, 0) is 19.9 Å². The molecule has 4 unspecified atom stereocenters. The van der Waals surface area contributed by atoms with Gasteiger partial charge < -0.3 is 19.1 Å². The molecule has 0 aliphatic carbocycles. The summed E-state index contributed by atoms with van der Waals surface area (Å²) in [4.78, 5) is 13.6. The number of epoxide rings is 1. The van der Waals surface area contributed by atoms with Crippen LogP contribution in [0.3, 0.4) is 0 Å². The molecule has 1 N–H and O–H groups in total. The van der Waals surface area contributed by atoms with Crippen LogP contribution in [-0.4, -0.2) is 59.8 Å². The summed E-state index contributed by atoms with van der Waals surface area (Å²) in [5.74, 6) is -1.85. The molecule has 3 aliphatic heterocycles. The Morgan fingerprint density at radius 3 is 2.35 bits per heavy atom. The van der Waals surface area contributed by atoms with Crippen molar-refractivity contribution in [2.24, 2.45) is 0 Å². The second-order valence-electron chi connectivity index (χ2n) is 5.76. The molecule has 0 radical (unpaired) electrons. The highest BCUT2D eigenvalue weighted by molar-refractivity contribution is 7.12. The van der Waals surface area contributed by atoms with E-state index < -0.39 is 73.0 Å². The van der Waals surface area contributed by atoms with Crippen molar-refractivity contribution in [2.75, 3.05) is 14.0 Å². The van der Waals surface area contributed by atoms with Crippen LogP contribution in [0.25, 0.3) is 0 Å². The Hall–Kier alpha value is -1.25. The Morgan fingerprint density at radius 2 is 1.88 bits per heavy atom. The number of thiophene rings is 2. The lowest BCUT2D eigenvalue weighted by Gasteiger charge is -2.45. The molecule has 138 valence electrons. The number of carbonyl (C=O) groups excluding carboxylic acids is 1. The van der Waals surface area contributed by atoms with Crippen molar-refractivity contribution in [1.82, 2.24) is 0 Å². The van der Waals surface area contributed by atoms with Crippen molar-refractivity contribution in [2.45, 2.75) is 48.6 Å². The van der Waals surface area contributed by atoms with Gasteiger partial charge in [0.1, 0.15) is 30.3 Å². The first-order chi connectivity index (χ1) is 18.3. The number of ether oxygens (including phenoxy) is 2. The number of piperidine rings is 1. The number of hydrogen-bond acceptors (Lipinski definition) is 6. The minimum atomic E-state index is -4.29. The number of likely N-dealkylation sites (N-methyl/N-ethyl adjacent to an activating group) is 1. The van der Waals surface area contributed by atoms with Gasteiger partial charge in [0.15, 0.2) is 0 Å². The van der Waals surface area contributed by atoms with Gasteiger partial charge in [0.25, 0.3) is 0 Å². The van der Waals surface area contributed by atoms with Gasteiger partial charge in [0, 0.05) is 18.2 Å². The lowest BCUT2D eigenvalue weighted by Crippen LogP contribution is -2.60. The monoisotopic (exact) mass is 407 g/mol. The van der Waals surface area contributed by atoms with Crippen molar-refractivity contribution in [3.63, 3.8) is 0 Å². The minimum absolute atomic E-state index is 0.107. The Labute approximate surface area is 181 Å². The Bertz CT molecular complexity index is 1320. The number of aliphatic hydroxyl groups is 1. The average Bonchev–Trinajstić information content (AvgIpc) is 3.32. The first-order valence-electron chi connectivity index (χ1n) is 14.9. The normalized spacial score (nSPS) is 61.8. The van der Waals surface area contributed by atoms with Crippen LogP contribution in [0, 0.1) is 0 Å². The van der Waals surface area contributed by atoms with E-state index >= 15 is 0 Å². The summed E-state index contributed by atoms with van der Waals surface area (Å²) in [6.07, 6.45) is -19.8. The summed E-state index contributed by atoms with van der Waals surface area (Å²) in [5, 5.41) is 14.6. The highest BCUT2D eigenvalue weighted by atomic mass is 32.1. The molecule has 26 heavy (non-hydrogen) atoms. The molecule has 7 heteroatoms. The lowest BCUT2D eigenvalue weighted by molar-refractivity contribution is -0.938. The van der Waals surface area contributed by atoms with Crippen LogP contribution in [0.5, 0.6) is 0 Å². The first-order valence-corrected chi connectivity index (χ1v) is 9.19. The molecule has 4 atom stereocenters. The molecule has 5 nitrogen and oxygen atoms in total. The van der Waals surface area contributed by atoms with E-state index in [0.29, 0.717) is 0 Å². The average molecular weight is 408 g/mol. The zero-order chi connectivity index (χ0) is 31.3. The summed E-state index contributed by atoms with van der Waals surface area (Å²) >= 11 is 1.69. The van der Waals surface area contributed by atoms with Crippen molar-refractivity contribution in [1.29, 1.82) is 0 Å². The number of carbonyl (C=O) groups is 1. The maximum atomic E-state index is 13.8. The van der Waals surface area contributed by atoms with E-state index in [2.05, 4.69) is 0 Å². The minimum Gasteiger partial charge on any atom is -0.459 e. The van der Waals surface area contributed by atoms with E-state index in [1.807, 2.05) is 0 Å². The van der Waals surface area contributed by atoms with Gasteiger partial charge in [-0.3, -0.25) is 0 Å². The number of rotatable bonds is 4. The van der Waals surface area contributed by atoms with Gasteiger partial charge >= 0.3 is 5.97 Å². The molecule has 2 bridgehead atoms. The van der Waals surface area contributed by atoms with E-state index in [9.17, 15) is 9.90 Å². The Kier molecular flexibility index (Phi) is 1.58. The summed E-state index contributed by atoms with van der Waals surface area (Å²) in [6, 6.07) is -2.87. The molecule has 0 saturated carbocycles. The van der Waals surface area contributed by atoms with Gasteiger partial charge in [0.05, 0.1) is 38.8 Å². The van der Waals surface area contributed by atoms with Gasteiger partial charge in [0.2, 0.25) is 5.60 Å². The van der Waals surface area contributed by atoms with Crippen LogP contribution < -0.4 is 0 Å². The number of hydrogen-bond donors (Lipinski definition) is 1. The summed E-state index contributed by atoms with van der Waals surface area (Å²) in [5.41, 5.74) is -2.78. The molecule has 0 amide bonds. The van der Waals surface area contributed by atoms with E-state index in [1.54, 1.807) is 0 Å². The molecule has 2 aromatic rings. The molecule has 5 heterocycles. The highest BCUT2D eigenvalue weighted by Gasteiger charge is 2.71. The van der Waals surface area contributed by atoms with Crippen LogP contribution in [0.2, 0.25) is 0 Å². The van der Waals surface area contributed by atoms with Gasteiger partial charge in [-0.05, 0) is 22.9 Å². The number of quaternary nitrogens is 1. The van der Waals surface area contributed by atoms with E-state index in [1.165, 1.54) is 35.0 Å². The van der Waals surface area contributed by atoms with Crippen LogP contribution in [0.15, 0.2) is 35.0 Å². The maximum Gasteiger partial charge on any atom is 0.349 e. The largest absolute Gasteiger partial charge is 0.459 e. The molecule has 0 aromatic carbocycles. The third kappa shape index (κ3) is 2.28. The van der Waals surface area contributed by atoms with Crippen LogP contribution in [0.1, 0.15) is 43.1 Å². The Balaban J connectivity index is 1.82. The molecule has 3 aliphatic rings. The second-order valence-corrected chi connectivity index (χ2v) is 7.66. The summed E-state index contributed by atoms with van der Waals surface area (Å²) < 4.78 is 136. The van der Waals surface area contributed by atoms with Crippen molar-refractivity contribution in [3.05, 3.63) is 44.8 Å². The molecule has 2 aromatic heterocycles. The van der Waals surface area contributed by atoms with Crippen LogP contribution >= 0.6 is 22.7 Å².